The summed E-state index contributed by atoms with van der Waals surface area (Å²) >= 11 is 0. The van der Waals surface area contributed by atoms with Crippen LogP contribution in [0.15, 0.2) is 42.5 Å². The highest BCUT2D eigenvalue weighted by molar-refractivity contribution is 5.97. The first-order valence-electron chi connectivity index (χ1n) is 5.54. The molecule has 0 aliphatic carbocycles. The molecule has 4 nitrogen and oxygen atoms in total. The van der Waals surface area contributed by atoms with Crippen LogP contribution in [-0.2, 0) is 0 Å². The number of aldehydes is 2. The fraction of sp³-hybridized carbons (Fsp3) is 0. The zero-order valence-corrected chi connectivity index (χ0v) is 9.87. The van der Waals surface area contributed by atoms with Gasteiger partial charge in [-0.25, -0.2) is 4.79 Å². The van der Waals surface area contributed by atoms with E-state index in [1.165, 1.54) is 18.2 Å². The van der Waals surface area contributed by atoms with Crippen molar-refractivity contribution in [2.75, 3.05) is 0 Å². The predicted molar refractivity (Wildman–Crippen MR) is 69.6 cm³/mol. The molecular weight excluding hydrogens is 244 g/mol. The summed E-state index contributed by atoms with van der Waals surface area (Å²) < 4.78 is 0. The monoisotopic (exact) mass is 254 g/mol. The summed E-state index contributed by atoms with van der Waals surface area (Å²) in [7, 11) is 0. The van der Waals surface area contributed by atoms with Crippen LogP contribution in [0.4, 0.5) is 0 Å². The summed E-state index contributed by atoms with van der Waals surface area (Å²) in [5.41, 5.74) is 2.12. The van der Waals surface area contributed by atoms with E-state index < -0.39 is 5.97 Å². The lowest BCUT2D eigenvalue weighted by molar-refractivity contribution is 0.0697. The van der Waals surface area contributed by atoms with Gasteiger partial charge in [0, 0.05) is 11.1 Å². The van der Waals surface area contributed by atoms with E-state index in [1.807, 2.05) is 0 Å². The summed E-state index contributed by atoms with van der Waals surface area (Å²) in [5.74, 6) is -1.06. The Hall–Kier alpha value is -2.75. The van der Waals surface area contributed by atoms with E-state index in [1.54, 1.807) is 24.3 Å². The van der Waals surface area contributed by atoms with Gasteiger partial charge in [0.25, 0.3) is 0 Å². The SMILES string of the molecule is O=Cc1ccc(-c2cc(C=O)ccc2C(=O)O)cc1. The van der Waals surface area contributed by atoms with Crippen molar-refractivity contribution in [3.8, 4) is 11.1 Å². The van der Waals surface area contributed by atoms with Crippen LogP contribution in [0, 0.1) is 0 Å². The van der Waals surface area contributed by atoms with E-state index in [2.05, 4.69) is 0 Å². The topological polar surface area (TPSA) is 71.4 Å². The third-order valence-electron chi connectivity index (χ3n) is 2.77. The minimum atomic E-state index is -1.06. The van der Waals surface area contributed by atoms with Gasteiger partial charge in [-0.1, -0.05) is 30.3 Å². The molecule has 0 saturated carbocycles. The molecule has 0 aliphatic rings. The smallest absolute Gasteiger partial charge is 0.336 e. The standard InChI is InChI=1S/C15H10O4/c16-8-10-1-4-12(5-2-10)14-7-11(9-17)3-6-13(14)15(18)19/h1-9H,(H,18,19). The highest BCUT2D eigenvalue weighted by atomic mass is 16.4. The van der Waals surface area contributed by atoms with Gasteiger partial charge in [-0.2, -0.15) is 0 Å². The Morgan fingerprint density at radius 2 is 1.47 bits per heavy atom. The molecule has 94 valence electrons. The van der Waals surface area contributed by atoms with Gasteiger partial charge in [0.1, 0.15) is 12.6 Å². The Bertz CT molecular complexity index is 642. The lowest BCUT2D eigenvalue weighted by Gasteiger charge is -2.07. The number of carboxylic acid groups (broad SMARTS) is 1. The minimum Gasteiger partial charge on any atom is -0.478 e. The number of hydrogen-bond acceptors (Lipinski definition) is 3. The summed E-state index contributed by atoms with van der Waals surface area (Å²) in [6.07, 6.45) is 1.37. The first kappa shape index (κ1) is 12.7. The number of benzene rings is 2. The molecule has 0 aromatic heterocycles. The predicted octanol–water partition coefficient (Wildman–Crippen LogP) is 2.68. The summed E-state index contributed by atoms with van der Waals surface area (Å²) in [5, 5.41) is 9.15. The van der Waals surface area contributed by atoms with Gasteiger partial charge in [-0.05, 0) is 23.3 Å². The molecule has 0 amide bonds. The average molecular weight is 254 g/mol. The first-order chi connectivity index (χ1) is 9.15. The number of carbonyl (C=O) groups is 3. The quantitative estimate of drug-likeness (QED) is 0.851. The maximum atomic E-state index is 11.2. The van der Waals surface area contributed by atoms with Gasteiger partial charge < -0.3 is 5.11 Å². The number of hydrogen-bond donors (Lipinski definition) is 1. The highest BCUT2D eigenvalue weighted by Gasteiger charge is 2.12. The number of aromatic carboxylic acids is 1. The molecule has 0 saturated heterocycles. The molecule has 0 radical (unpaired) electrons. The van der Waals surface area contributed by atoms with Gasteiger partial charge in [0.15, 0.2) is 0 Å². The Morgan fingerprint density at radius 3 is 2.00 bits per heavy atom. The number of rotatable bonds is 4. The molecule has 4 heteroatoms. The van der Waals surface area contributed by atoms with Crippen molar-refractivity contribution in [3.63, 3.8) is 0 Å². The third-order valence-corrected chi connectivity index (χ3v) is 2.77. The maximum Gasteiger partial charge on any atom is 0.336 e. The third kappa shape index (κ3) is 2.57. The van der Waals surface area contributed by atoms with Crippen molar-refractivity contribution in [1.29, 1.82) is 0 Å². The Morgan fingerprint density at radius 1 is 0.895 bits per heavy atom. The fourth-order valence-electron chi connectivity index (χ4n) is 1.80. The fourth-order valence-corrected chi connectivity index (χ4v) is 1.80. The summed E-state index contributed by atoms with van der Waals surface area (Å²) in [4.78, 5) is 32.5. The van der Waals surface area contributed by atoms with Crippen molar-refractivity contribution in [2.24, 2.45) is 0 Å². The van der Waals surface area contributed by atoms with Gasteiger partial charge in [-0.3, -0.25) is 9.59 Å². The molecule has 0 atom stereocenters. The molecule has 0 heterocycles. The van der Waals surface area contributed by atoms with Gasteiger partial charge in [0.2, 0.25) is 0 Å². The largest absolute Gasteiger partial charge is 0.478 e. The molecule has 2 aromatic rings. The lowest BCUT2D eigenvalue weighted by Crippen LogP contribution is -2.00. The second kappa shape index (κ2) is 5.27. The molecule has 0 aliphatic heterocycles. The highest BCUT2D eigenvalue weighted by Crippen LogP contribution is 2.25. The van der Waals surface area contributed by atoms with Crippen LogP contribution in [0.3, 0.4) is 0 Å². The van der Waals surface area contributed by atoms with Crippen LogP contribution in [0.1, 0.15) is 31.1 Å². The van der Waals surface area contributed by atoms with Crippen LogP contribution < -0.4 is 0 Å². The second-order valence-electron chi connectivity index (χ2n) is 3.97. The van der Waals surface area contributed by atoms with Crippen LogP contribution >= 0.6 is 0 Å². The van der Waals surface area contributed by atoms with Crippen LogP contribution in [-0.4, -0.2) is 23.6 Å². The van der Waals surface area contributed by atoms with Crippen molar-refractivity contribution in [2.45, 2.75) is 0 Å². The zero-order chi connectivity index (χ0) is 13.8. The van der Waals surface area contributed by atoms with E-state index in [-0.39, 0.29) is 5.56 Å². The van der Waals surface area contributed by atoms with E-state index >= 15 is 0 Å². The van der Waals surface area contributed by atoms with Crippen molar-refractivity contribution < 1.29 is 19.5 Å². The van der Waals surface area contributed by atoms with Crippen LogP contribution in [0.2, 0.25) is 0 Å². The Labute approximate surface area is 109 Å². The molecule has 0 spiro atoms. The van der Waals surface area contributed by atoms with E-state index in [0.29, 0.717) is 34.8 Å². The van der Waals surface area contributed by atoms with E-state index in [4.69, 9.17) is 5.11 Å². The molecular formula is C15H10O4. The molecule has 0 fully saturated rings. The Balaban J connectivity index is 2.60. The zero-order valence-electron chi connectivity index (χ0n) is 9.87. The summed E-state index contributed by atoms with van der Waals surface area (Å²) in [6.45, 7) is 0. The van der Waals surface area contributed by atoms with Crippen LogP contribution in [0.25, 0.3) is 11.1 Å². The van der Waals surface area contributed by atoms with Gasteiger partial charge in [-0.15, -0.1) is 0 Å². The Kier molecular flexibility index (Phi) is 3.52. The lowest BCUT2D eigenvalue weighted by atomic mass is 9.97. The van der Waals surface area contributed by atoms with E-state index in [0.717, 1.165) is 0 Å². The molecule has 0 unspecified atom stereocenters. The average Bonchev–Trinajstić information content (AvgIpc) is 2.46. The van der Waals surface area contributed by atoms with Crippen molar-refractivity contribution >= 4 is 18.5 Å². The maximum absolute atomic E-state index is 11.2. The first-order valence-corrected chi connectivity index (χ1v) is 5.54. The summed E-state index contributed by atoms with van der Waals surface area (Å²) in [6, 6.07) is 10.9. The van der Waals surface area contributed by atoms with E-state index in [9.17, 15) is 14.4 Å². The number of carboxylic acids is 1. The van der Waals surface area contributed by atoms with Crippen molar-refractivity contribution in [1.82, 2.24) is 0 Å². The van der Waals surface area contributed by atoms with Gasteiger partial charge >= 0.3 is 5.97 Å². The molecule has 2 rings (SSSR count). The molecule has 1 N–H and O–H groups in total. The second-order valence-corrected chi connectivity index (χ2v) is 3.97. The molecule has 19 heavy (non-hydrogen) atoms. The molecule has 0 bridgehead atoms. The normalized spacial score (nSPS) is 9.89. The van der Waals surface area contributed by atoms with Gasteiger partial charge in [0.05, 0.1) is 5.56 Å². The van der Waals surface area contributed by atoms with Crippen molar-refractivity contribution in [3.05, 3.63) is 59.2 Å². The minimum absolute atomic E-state index is 0.115. The molecule has 2 aromatic carbocycles. The van der Waals surface area contributed by atoms with Crippen LogP contribution in [0.5, 0.6) is 0 Å². The number of carbonyl (C=O) groups excluding carboxylic acids is 2.